The van der Waals surface area contributed by atoms with Crippen LogP contribution in [0.4, 0.5) is 5.69 Å². The molecule has 164 valence electrons. The van der Waals surface area contributed by atoms with Gasteiger partial charge in [-0.05, 0) is 61.1 Å². The Balaban J connectivity index is 1.86. The number of carbonyl (C=O) groups is 3. The third kappa shape index (κ3) is 7.65. The lowest BCUT2D eigenvalue weighted by Crippen LogP contribution is -2.48. The van der Waals surface area contributed by atoms with Crippen molar-refractivity contribution in [2.45, 2.75) is 26.2 Å². The molecule has 10 heteroatoms. The van der Waals surface area contributed by atoms with Gasteiger partial charge < -0.3 is 10.1 Å². The van der Waals surface area contributed by atoms with E-state index < -0.39 is 11.8 Å². The van der Waals surface area contributed by atoms with Crippen LogP contribution in [-0.2, 0) is 4.79 Å². The molecule has 2 aromatic rings. The van der Waals surface area contributed by atoms with Crippen molar-refractivity contribution in [1.82, 2.24) is 16.2 Å². The standard InChI is InChI=1S/C21H23BrN4O4S/c1-3-4-5-18(27)23-15-9-6-13(7-10-15)19(28)25-26-21(31)24-20(29)16-12-14(22)8-11-17(16)30-2/h6-12H,3-5H2,1-2H3,(H,23,27)(H,25,28)(H2,24,26,29,31). The summed E-state index contributed by atoms with van der Waals surface area (Å²) < 4.78 is 5.87. The van der Waals surface area contributed by atoms with Crippen LogP contribution in [0.5, 0.6) is 5.75 Å². The molecule has 0 heterocycles. The summed E-state index contributed by atoms with van der Waals surface area (Å²) in [5.74, 6) is -0.633. The summed E-state index contributed by atoms with van der Waals surface area (Å²) in [7, 11) is 1.46. The number of hydrogen-bond acceptors (Lipinski definition) is 5. The molecule has 0 unspecified atom stereocenters. The first-order valence-corrected chi connectivity index (χ1v) is 10.7. The Morgan fingerprint density at radius 2 is 1.74 bits per heavy atom. The van der Waals surface area contributed by atoms with E-state index in [4.69, 9.17) is 17.0 Å². The largest absolute Gasteiger partial charge is 0.496 e. The summed E-state index contributed by atoms with van der Waals surface area (Å²) in [5, 5.41) is 5.16. The smallest absolute Gasteiger partial charge is 0.269 e. The zero-order chi connectivity index (χ0) is 22.8. The predicted octanol–water partition coefficient (Wildman–Crippen LogP) is 3.54. The van der Waals surface area contributed by atoms with Crippen molar-refractivity contribution in [3.8, 4) is 5.75 Å². The minimum atomic E-state index is -0.493. The highest BCUT2D eigenvalue weighted by atomic mass is 79.9. The Hall–Kier alpha value is -2.98. The number of hydrazine groups is 1. The number of rotatable bonds is 7. The number of anilines is 1. The lowest BCUT2D eigenvalue weighted by atomic mass is 10.2. The number of carbonyl (C=O) groups excluding carboxylic acids is 3. The van der Waals surface area contributed by atoms with Gasteiger partial charge in [-0.1, -0.05) is 29.3 Å². The number of ether oxygens (including phenoxy) is 1. The summed E-state index contributed by atoms with van der Waals surface area (Å²) >= 11 is 8.36. The minimum absolute atomic E-state index is 0.0658. The molecule has 8 nitrogen and oxygen atoms in total. The highest BCUT2D eigenvalue weighted by Gasteiger charge is 2.15. The van der Waals surface area contributed by atoms with Crippen LogP contribution in [-0.4, -0.2) is 29.9 Å². The van der Waals surface area contributed by atoms with Crippen molar-refractivity contribution in [3.63, 3.8) is 0 Å². The topological polar surface area (TPSA) is 109 Å². The van der Waals surface area contributed by atoms with Gasteiger partial charge in [0.1, 0.15) is 5.75 Å². The first-order chi connectivity index (χ1) is 14.8. The summed E-state index contributed by atoms with van der Waals surface area (Å²) in [6, 6.07) is 11.4. The molecular formula is C21H23BrN4O4S. The molecule has 0 aliphatic heterocycles. The fourth-order valence-corrected chi connectivity index (χ4v) is 3.02. The van der Waals surface area contributed by atoms with Gasteiger partial charge in [0, 0.05) is 22.1 Å². The van der Waals surface area contributed by atoms with E-state index in [0.717, 1.165) is 12.8 Å². The fraction of sp³-hybridized carbons (Fsp3) is 0.238. The highest BCUT2D eigenvalue weighted by Crippen LogP contribution is 2.22. The number of benzene rings is 2. The van der Waals surface area contributed by atoms with Gasteiger partial charge in [-0.2, -0.15) is 0 Å². The molecule has 0 aliphatic rings. The van der Waals surface area contributed by atoms with Crippen LogP contribution >= 0.6 is 28.1 Å². The summed E-state index contributed by atoms with van der Waals surface area (Å²) in [5.41, 5.74) is 6.13. The zero-order valence-corrected chi connectivity index (χ0v) is 19.5. The molecule has 0 bridgehead atoms. The van der Waals surface area contributed by atoms with Crippen LogP contribution in [0.25, 0.3) is 0 Å². The van der Waals surface area contributed by atoms with Crippen molar-refractivity contribution < 1.29 is 19.1 Å². The van der Waals surface area contributed by atoms with Crippen LogP contribution in [0.2, 0.25) is 0 Å². The Kier molecular flexibility index (Phi) is 9.41. The summed E-state index contributed by atoms with van der Waals surface area (Å²) in [4.78, 5) is 36.4. The van der Waals surface area contributed by atoms with Gasteiger partial charge in [-0.25, -0.2) is 0 Å². The van der Waals surface area contributed by atoms with Crippen LogP contribution in [0, 0.1) is 0 Å². The lowest BCUT2D eigenvalue weighted by Gasteiger charge is -2.13. The maximum atomic E-state index is 12.4. The Labute approximate surface area is 194 Å². The Morgan fingerprint density at radius 1 is 1.03 bits per heavy atom. The molecule has 3 amide bonds. The van der Waals surface area contributed by atoms with Gasteiger partial charge in [0.2, 0.25) is 5.91 Å². The van der Waals surface area contributed by atoms with Crippen LogP contribution in [0.3, 0.4) is 0 Å². The molecule has 0 spiro atoms. The molecule has 4 N–H and O–H groups in total. The monoisotopic (exact) mass is 506 g/mol. The van der Waals surface area contributed by atoms with E-state index >= 15 is 0 Å². The second-order valence-electron chi connectivity index (χ2n) is 6.44. The van der Waals surface area contributed by atoms with Crippen molar-refractivity contribution >= 4 is 56.7 Å². The maximum absolute atomic E-state index is 12.4. The van der Waals surface area contributed by atoms with E-state index in [9.17, 15) is 14.4 Å². The third-order valence-corrected chi connectivity index (χ3v) is 4.81. The van der Waals surface area contributed by atoms with E-state index in [0.29, 0.717) is 27.9 Å². The number of hydrogen-bond donors (Lipinski definition) is 4. The maximum Gasteiger partial charge on any atom is 0.269 e. The average molecular weight is 507 g/mol. The molecule has 0 saturated heterocycles. The van der Waals surface area contributed by atoms with E-state index in [1.807, 2.05) is 6.92 Å². The molecule has 31 heavy (non-hydrogen) atoms. The van der Waals surface area contributed by atoms with E-state index in [1.165, 1.54) is 7.11 Å². The van der Waals surface area contributed by atoms with Crippen molar-refractivity contribution in [2.24, 2.45) is 0 Å². The van der Waals surface area contributed by atoms with E-state index in [1.54, 1.807) is 42.5 Å². The van der Waals surface area contributed by atoms with Crippen LogP contribution in [0.1, 0.15) is 46.9 Å². The second kappa shape index (κ2) is 12.0. The van der Waals surface area contributed by atoms with Crippen LogP contribution in [0.15, 0.2) is 46.9 Å². The number of thiocarbonyl (C=S) groups is 1. The molecule has 0 radical (unpaired) electrons. The van der Waals surface area contributed by atoms with Crippen molar-refractivity contribution in [1.29, 1.82) is 0 Å². The van der Waals surface area contributed by atoms with Gasteiger partial charge in [0.15, 0.2) is 5.11 Å². The number of amides is 3. The van der Waals surface area contributed by atoms with Crippen molar-refractivity contribution in [3.05, 3.63) is 58.1 Å². The summed E-state index contributed by atoms with van der Waals surface area (Å²) in [6.45, 7) is 2.02. The average Bonchev–Trinajstić information content (AvgIpc) is 2.76. The van der Waals surface area contributed by atoms with E-state index in [2.05, 4.69) is 37.4 Å². The van der Waals surface area contributed by atoms with Crippen LogP contribution < -0.4 is 26.2 Å². The minimum Gasteiger partial charge on any atom is -0.496 e. The first-order valence-electron chi connectivity index (χ1n) is 9.49. The quantitative estimate of drug-likeness (QED) is 0.337. The number of unbranched alkanes of at least 4 members (excludes halogenated alkanes) is 1. The molecule has 2 rings (SSSR count). The fourth-order valence-electron chi connectivity index (χ4n) is 2.51. The highest BCUT2D eigenvalue weighted by molar-refractivity contribution is 9.10. The second-order valence-corrected chi connectivity index (χ2v) is 7.76. The summed E-state index contributed by atoms with van der Waals surface area (Å²) in [6.07, 6.45) is 2.22. The molecule has 0 atom stereocenters. The van der Waals surface area contributed by atoms with Gasteiger partial charge in [0.05, 0.1) is 12.7 Å². The third-order valence-electron chi connectivity index (χ3n) is 4.11. The first kappa shape index (κ1) is 24.3. The molecule has 0 saturated carbocycles. The number of nitrogens with one attached hydrogen (secondary N) is 4. The van der Waals surface area contributed by atoms with Gasteiger partial charge >= 0.3 is 0 Å². The van der Waals surface area contributed by atoms with Crippen molar-refractivity contribution in [2.75, 3.05) is 12.4 Å². The Morgan fingerprint density at radius 3 is 2.39 bits per heavy atom. The van der Waals surface area contributed by atoms with Gasteiger partial charge in [-0.15, -0.1) is 0 Å². The number of halogens is 1. The zero-order valence-electron chi connectivity index (χ0n) is 17.1. The Bertz CT molecular complexity index is 966. The normalized spacial score (nSPS) is 10.0. The molecule has 0 aromatic heterocycles. The molecule has 0 fully saturated rings. The van der Waals surface area contributed by atoms with Gasteiger partial charge in [0.25, 0.3) is 11.8 Å². The van der Waals surface area contributed by atoms with Gasteiger partial charge in [-0.3, -0.25) is 30.6 Å². The molecular weight excluding hydrogens is 484 g/mol. The number of methoxy groups -OCH3 is 1. The predicted molar refractivity (Wildman–Crippen MR) is 126 cm³/mol. The lowest BCUT2D eigenvalue weighted by molar-refractivity contribution is -0.116. The van der Waals surface area contributed by atoms with E-state index in [-0.39, 0.29) is 16.6 Å². The SMILES string of the molecule is CCCCC(=O)Nc1ccc(C(=O)NNC(=S)NC(=O)c2cc(Br)ccc2OC)cc1. The molecule has 0 aliphatic carbocycles. The molecule has 2 aromatic carbocycles.